The summed E-state index contributed by atoms with van der Waals surface area (Å²) >= 11 is 0. The number of benzene rings is 1. The SMILES string of the molecule is C=C(C)CCn1cc(S(=O)(=O)Cl)c2ccccc21. The van der Waals surface area contributed by atoms with Crippen LogP contribution in [-0.2, 0) is 15.6 Å². The topological polar surface area (TPSA) is 39.1 Å². The fourth-order valence-electron chi connectivity index (χ4n) is 1.90. The molecule has 0 saturated heterocycles. The van der Waals surface area contributed by atoms with E-state index >= 15 is 0 Å². The lowest BCUT2D eigenvalue weighted by atomic mass is 10.2. The second-order valence-electron chi connectivity index (χ2n) is 4.35. The van der Waals surface area contributed by atoms with E-state index in [1.807, 2.05) is 23.6 Å². The Morgan fingerprint density at radius 2 is 2.06 bits per heavy atom. The van der Waals surface area contributed by atoms with Crippen molar-refractivity contribution in [1.82, 2.24) is 4.57 Å². The van der Waals surface area contributed by atoms with Crippen LogP contribution in [0.4, 0.5) is 0 Å². The molecule has 2 aromatic rings. The molecule has 0 aliphatic heterocycles. The minimum atomic E-state index is -3.72. The number of fused-ring (bicyclic) bond motifs is 1. The minimum absolute atomic E-state index is 0.168. The number of allylic oxidation sites excluding steroid dienone is 1. The van der Waals surface area contributed by atoms with Crippen LogP contribution in [0.1, 0.15) is 13.3 Å². The molecule has 96 valence electrons. The molecule has 0 atom stereocenters. The van der Waals surface area contributed by atoms with Gasteiger partial charge < -0.3 is 4.57 Å². The van der Waals surface area contributed by atoms with E-state index < -0.39 is 9.05 Å². The first-order valence-electron chi connectivity index (χ1n) is 5.56. The Hall–Kier alpha value is -1.26. The summed E-state index contributed by atoms with van der Waals surface area (Å²) in [7, 11) is 1.74. The first kappa shape index (κ1) is 13.2. The normalized spacial score (nSPS) is 11.9. The predicted molar refractivity (Wildman–Crippen MR) is 74.4 cm³/mol. The van der Waals surface area contributed by atoms with Crippen LogP contribution in [0.2, 0.25) is 0 Å². The number of para-hydroxylation sites is 1. The predicted octanol–water partition coefficient (Wildman–Crippen LogP) is 3.54. The van der Waals surface area contributed by atoms with Gasteiger partial charge in [0.05, 0.1) is 0 Å². The molecule has 1 aromatic heterocycles. The maximum absolute atomic E-state index is 11.5. The summed E-state index contributed by atoms with van der Waals surface area (Å²) in [5.41, 5.74) is 1.93. The van der Waals surface area contributed by atoms with Crippen molar-refractivity contribution in [2.24, 2.45) is 0 Å². The summed E-state index contributed by atoms with van der Waals surface area (Å²) in [6.07, 6.45) is 2.40. The third-order valence-electron chi connectivity index (χ3n) is 2.79. The molecular formula is C13H14ClNO2S. The van der Waals surface area contributed by atoms with Crippen LogP contribution in [0, 0.1) is 0 Å². The van der Waals surface area contributed by atoms with Crippen LogP contribution in [0.5, 0.6) is 0 Å². The first-order valence-corrected chi connectivity index (χ1v) is 7.87. The van der Waals surface area contributed by atoms with Gasteiger partial charge in [-0.25, -0.2) is 8.42 Å². The highest BCUT2D eigenvalue weighted by Gasteiger charge is 2.18. The van der Waals surface area contributed by atoms with Crippen LogP contribution in [-0.4, -0.2) is 13.0 Å². The number of halogens is 1. The van der Waals surface area contributed by atoms with E-state index in [9.17, 15) is 8.42 Å². The Kier molecular flexibility index (Phi) is 3.50. The van der Waals surface area contributed by atoms with Gasteiger partial charge in [0.2, 0.25) is 0 Å². The van der Waals surface area contributed by atoms with Crippen molar-refractivity contribution in [3.8, 4) is 0 Å². The van der Waals surface area contributed by atoms with E-state index in [4.69, 9.17) is 10.7 Å². The third kappa shape index (κ3) is 2.60. The Bertz CT molecular complexity index is 701. The van der Waals surface area contributed by atoms with E-state index in [-0.39, 0.29) is 4.90 Å². The van der Waals surface area contributed by atoms with Gasteiger partial charge in [0.15, 0.2) is 0 Å². The minimum Gasteiger partial charge on any atom is -0.346 e. The molecule has 0 unspecified atom stereocenters. The molecular weight excluding hydrogens is 270 g/mol. The second kappa shape index (κ2) is 4.78. The Labute approximate surface area is 111 Å². The van der Waals surface area contributed by atoms with E-state index in [2.05, 4.69) is 6.58 Å². The molecule has 0 fully saturated rings. The molecule has 0 radical (unpaired) electrons. The fraction of sp³-hybridized carbons (Fsp3) is 0.231. The fourth-order valence-corrected chi connectivity index (χ4v) is 2.96. The van der Waals surface area contributed by atoms with Crippen LogP contribution >= 0.6 is 10.7 Å². The van der Waals surface area contributed by atoms with Gasteiger partial charge in [0.25, 0.3) is 9.05 Å². The highest BCUT2D eigenvalue weighted by molar-refractivity contribution is 8.14. The lowest BCUT2D eigenvalue weighted by Crippen LogP contribution is -1.96. The van der Waals surface area contributed by atoms with Gasteiger partial charge in [-0.05, 0) is 19.4 Å². The Balaban J connectivity index is 2.58. The van der Waals surface area contributed by atoms with Crippen molar-refractivity contribution in [3.05, 3.63) is 42.6 Å². The molecule has 1 aromatic carbocycles. The molecule has 1 heterocycles. The number of aromatic nitrogens is 1. The quantitative estimate of drug-likeness (QED) is 0.636. The number of hydrogen-bond acceptors (Lipinski definition) is 2. The van der Waals surface area contributed by atoms with Gasteiger partial charge in [-0.15, -0.1) is 6.58 Å². The van der Waals surface area contributed by atoms with E-state index in [1.165, 1.54) is 0 Å². The molecule has 18 heavy (non-hydrogen) atoms. The van der Waals surface area contributed by atoms with Crippen molar-refractivity contribution >= 4 is 30.6 Å². The summed E-state index contributed by atoms with van der Waals surface area (Å²) in [6.45, 7) is 6.49. The van der Waals surface area contributed by atoms with Gasteiger partial charge >= 0.3 is 0 Å². The van der Waals surface area contributed by atoms with E-state index in [0.717, 1.165) is 17.5 Å². The third-order valence-corrected chi connectivity index (χ3v) is 4.14. The van der Waals surface area contributed by atoms with Crippen molar-refractivity contribution in [1.29, 1.82) is 0 Å². The van der Waals surface area contributed by atoms with Crippen molar-refractivity contribution in [2.45, 2.75) is 24.8 Å². The summed E-state index contributed by atoms with van der Waals surface area (Å²) in [5.74, 6) is 0. The lowest BCUT2D eigenvalue weighted by molar-refractivity contribution is 0.609. The highest BCUT2D eigenvalue weighted by Crippen LogP contribution is 2.28. The maximum Gasteiger partial charge on any atom is 0.263 e. The maximum atomic E-state index is 11.5. The lowest BCUT2D eigenvalue weighted by Gasteiger charge is -2.04. The standard InChI is InChI=1S/C13H14ClNO2S/c1-10(2)7-8-15-9-13(18(14,16)17)11-5-3-4-6-12(11)15/h3-6,9H,1,7-8H2,2H3. The zero-order valence-corrected chi connectivity index (χ0v) is 11.6. The number of aryl methyl sites for hydroxylation is 1. The molecule has 0 aliphatic rings. The monoisotopic (exact) mass is 283 g/mol. The van der Waals surface area contributed by atoms with E-state index in [1.54, 1.807) is 18.3 Å². The van der Waals surface area contributed by atoms with E-state index in [0.29, 0.717) is 11.9 Å². The average molecular weight is 284 g/mol. The molecule has 3 nitrogen and oxygen atoms in total. The summed E-state index contributed by atoms with van der Waals surface area (Å²) in [5, 5.41) is 0.661. The highest BCUT2D eigenvalue weighted by atomic mass is 35.7. The summed E-state index contributed by atoms with van der Waals surface area (Å²) < 4.78 is 25.0. The molecule has 0 saturated carbocycles. The second-order valence-corrected chi connectivity index (χ2v) is 6.88. The van der Waals surface area contributed by atoms with Crippen LogP contribution in [0.15, 0.2) is 47.5 Å². The van der Waals surface area contributed by atoms with Gasteiger partial charge in [-0.3, -0.25) is 0 Å². The Morgan fingerprint density at radius 1 is 1.39 bits per heavy atom. The molecule has 0 aliphatic carbocycles. The van der Waals surface area contributed by atoms with Gasteiger partial charge in [0.1, 0.15) is 4.90 Å². The molecule has 0 bridgehead atoms. The van der Waals surface area contributed by atoms with Gasteiger partial charge in [0, 0.05) is 34.3 Å². The number of rotatable bonds is 4. The van der Waals surface area contributed by atoms with Crippen molar-refractivity contribution < 1.29 is 8.42 Å². The van der Waals surface area contributed by atoms with Crippen LogP contribution in [0.3, 0.4) is 0 Å². The zero-order chi connectivity index (χ0) is 13.3. The molecule has 0 N–H and O–H groups in total. The molecule has 5 heteroatoms. The smallest absolute Gasteiger partial charge is 0.263 e. The van der Waals surface area contributed by atoms with Crippen molar-refractivity contribution in [3.63, 3.8) is 0 Å². The summed E-state index contributed by atoms with van der Waals surface area (Å²) in [6, 6.07) is 7.34. The molecule has 0 spiro atoms. The van der Waals surface area contributed by atoms with Crippen molar-refractivity contribution in [2.75, 3.05) is 0 Å². The number of hydrogen-bond donors (Lipinski definition) is 0. The summed E-state index contributed by atoms with van der Waals surface area (Å²) in [4.78, 5) is 0.168. The largest absolute Gasteiger partial charge is 0.346 e. The molecule has 2 rings (SSSR count). The van der Waals surface area contributed by atoms with Crippen LogP contribution in [0.25, 0.3) is 10.9 Å². The van der Waals surface area contributed by atoms with Gasteiger partial charge in [-0.2, -0.15) is 0 Å². The van der Waals surface area contributed by atoms with Crippen LogP contribution < -0.4 is 0 Å². The molecule has 0 amide bonds. The Morgan fingerprint density at radius 3 is 2.67 bits per heavy atom. The average Bonchev–Trinajstić information content (AvgIpc) is 2.65. The van der Waals surface area contributed by atoms with Gasteiger partial charge in [-0.1, -0.05) is 23.8 Å². The first-order chi connectivity index (χ1) is 8.39. The number of nitrogens with zero attached hydrogens (tertiary/aromatic N) is 1. The zero-order valence-electron chi connectivity index (χ0n) is 10.1.